The highest BCUT2D eigenvalue weighted by Gasteiger charge is 2.39. The minimum absolute atomic E-state index is 0.0164. The van der Waals surface area contributed by atoms with Gasteiger partial charge in [-0.25, -0.2) is 0 Å². The number of benzene rings is 2. The normalized spacial score (nSPS) is 20.4. The van der Waals surface area contributed by atoms with Crippen molar-refractivity contribution in [1.29, 1.82) is 0 Å². The van der Waals surface area contributed by atoms with Crippen LogP contribution in [0.4, 0.5) is 0 Å². The molecule has 4 rings (SSSR count). The zero-order valence-electron chi connectivity index (χ0n) is 19.6. The SMILES string of the molecule is CCOc1ccc(C2CC(=O)C3=C(C2)NC(=O)CC3c2cccc(OC)c2OC(C)C)cc1. The van der Waals surface area contributed by atoms with Gasteiger partial charge in [-0.3, -0.25) is 9.59 Å². The number of allylic oxidation sites excluding steroid dienone is 2. The molecule has 1 heterocycles. The molecule has 0 radical (unpaired) electrons. The fourth-order valence-electron chi connectivity index (χ4n) is 4.79. The van der Waals surface area contributed by atoms with Gasteiger partial charge in [0, 0.05) is 35.6 Å². The Morgan fingerprint density at radius 3 is 2.45 bits per heavy atom. The van der Waals surface area contributed by atoms with Gasteiger partial charge in [-0.05, 0) is 56.9 Å². The number of amides is 1. The summed E-state index contributed by atoms with van der Waals surface area (Å²) in [6.45, 7) is 6.45. The molecule has 1 N–H and O–H groups in total. The van der Waals surface area contributed by atoms with Crippen LogP contribution in [0.3, 0.4) is 0 Å². The van der Waals surface area contributed by atoms with Crippen LogP contribution in [0.5, 0.6) is 17.2 Å². The number of ether oxygens (including phenoxy) is 3. The van der Waals surface area contributed by atoms with Crippen molar-refractivity contribution in [3.8, 4) is 17.2 Å². The van der Waals surface area contributed by atoms with Gasteiger partial charge < -0.3 is 19.5 Å². The van der Waals surface area contributed by atoms with Crippen molar-refractivity contribution in [2.75, 3.05) is 13.7 Å². The number of para-hydroxylation sites is 1. The van der Waals surface area contributed by atoms with E-state index in [0.717, 1.165) is 22.6 Å². The molecule has 0 spiro atoms. The maximum absolute atomic E-state index is 13.5. The zero-order valence-corrected chi connectivity index (χ0v) is 19.6. The second-order valence-electron chi connectivity index (χ2n) is 8.77. The van der Waals surface area contributed by atoms with Crippen LogP contribution in [0.15, 0.2) is 53.7 Å². The molecule has 2 aromatic carbocycles. The first kappa shape index (κ1) is 22.9. The number of carbonyl (C=O) groups excluding carboxylic acids is 2. The number of carbonyl (C=O) groups is 2. The van der Waals surface area contributed by atoms with Crippen LogP contribution in [0, 0.1) is 0 Å². The van der Waals surface area contributed by atoms with Gasteiger partial charge in [0.15, 0.2) is 17.3 Å². The third-order valence-electron chi connectivity index (χ3n) is 6.16. The molecule has 1 aliphatic heterocycles. The number of hydrogen-bond donors (Lipinski definition) is 1. The molecule has 1 amide bonds. The van der Waals surface area contributed by atoms with Gasteiger partial charge in [0.1, 0.15) is 5.75 Å². The highest BCUT2D eigenvalue weighted by atomic mass is 16.5. The first-order valence-corrected chi connectivity index (χ1v) is 11.5. The van der Waals surface area contributed by atoms with Crippen molar-refractivity contribution in [3.63, 3.8) is 0 Å². The quantitative estimate of drug-likeness (QED) is 0.652. The van der Waals surface area contributed by atoms with E-state index in [-0.39, 0.29) is 36.1 Å². The smallest absolute Gasteiger partial charge is 0.225 e. The molecule has 2 aromatic rings. The Hall–Kier alpha value is -3.28. The Kier molecular flexibility index (Phi) is 6.72. The van der Waals surface area contributed by atoms with E-state index in [1.807, 2.05) is 63.2 Å². The number of ketones is 1. The van der Waals surface area contributed by atoms with Crippen LogP contribution in [0.25, 0.3) is 0 Å². The Balaban J connectivity index is 1.70. The summed E-state index contributed by atoms with van der Waals surface area (Å²) in [6, 6.07) is 13.5. The predicted octanol–water partition coefficient (Wildman–Crippen LogP) is 4.89. The summed E-state index contributed by atoms with van der Waals surface area (Å²) in [5.74, 6) is 1.66. The predicted molar refractivity (Wildman–Crippen MR) is 126 cm³/mol. The maximum Gasteiger partial charge on any atom is 0.225 e. The van der Waals surface area contributed by atoms with Crippen LogP contribution in [0.1, 0.15) is 63.0 Å². The number of nitrogens with one attached hydrogen (secondary N) is 1. The average Bonchev–Trinajstić information content (AvgIpc) is 2.78. The molecule has 0 saturated carbocycles. The van der Waals surface area contributed by atoms with Crippen LogP contribution in [0.2, 0.25) is 0 Å². The minimum atomic E-state index is -0.355. The van der Waals surface area contributed by atoms with E-state index < -0.39 is 0 Å². The van der Waals surface area contributed by atoms with Crippen molar-refractivity contribution < 1.29 is 23.8 Å². The standard InChI is InChI=1S/C27H31NO5/c1-5-32-19-11-9-17(10-12-19)18-13-22-26(23(29)14-18)21(15-25(30)28-22)20-7-6-8-24(31-4)27(20)33-16(2)3/h6-12,16,18,21H,5,13-15H2,1-4H3,(H,28,30). The Morgan fingerprint density at radius 2 is 1.79 bits per heavy atom. The number of methoxy groups -OCH3 is 1. The van der Waals surface area contributed by atoms with Gasteiger partial charge in [0.05, 0.1) is 19.8 Å². The second-order valence-corrected chi connectivity index (χ2v) is 8.77. The lowest BCUT2D eigenvalue weighted by atomic mass is 9.73. The molecule has 1 aliphatic carbocycles. The van der Waals surface area contributed by atoms with Crippen molar-refractivity contribution in [1.82, 2.24) is 5.32 Å². The van der Waals surface area contributed by atoms with Crippen LogP contribution in [-0.4, -0.2) is 31.5 Å². The van der Waals surface area contributed by atoms with E-state index in [1.54, 1.807) is 7.11 Å². The largest absolute Gasteiger partial charge is 0.494 e. The minimum Gasteiger partial charge on any atom is -0.494 e. The molecule has 174 valence electrons. The van der Waals surface area contributed by atoms with Crippen LogP contribution >= 0.6 is 0 Å². The molecular formula is C27H31NO5. The Labute approximate surface area is 194 Å². The number of hydrogen-bond acceptors (Lipinski definition) is 5. The van der Waals surface area contributed by atoms with Gasteiger partial charge >= 0.3 is 0 Å². The topological polar surface area (TPSA) is 73.9 Å². The van der Waals surface area contributed by atoms with E-state index in [1.165, 1.54) is 0 Å². The zero-order chi connectivity index (χ0) is 23.5. The van der Waals surface area contributed by atoms with E-state index in [9.17, 15) is 9.59 Å². The summed E-state index contributed by atoms with van der Waals surface area (Å²) in [7, 11) is 1.59. The van der Waals surface area contributed by atoms with E-state index in [2.05, 4.69) is 5.32 Å². The third-order valence-corrected chi connectivity index (χ3v) is 6.16. The van der Waals surface area contributed by atoms with E-state index in [0.29, 0.717) is 36.5 Å². The third kappa shape index (κ3) is 4.75. The fourth-order valence-corrected chi connectivity index (χ4v) is 4.79. The van der Waals surface area contributed by atoms with Gasteiger partial charge in [0.2, 0.25) is 5.91 Å². The first-order chi connectivity index (χ1) is 15.9. The molecular weight excluding hydrogens is 418 g/mol. The van der Waals surface area contributed by atoms with Crippen molar-refractivity contribution in [2.45, 2.75) is 58.0 Å². The molecule has 2 aliphatic rings. The Bertz CT molecular complexity index is 1070. The molecule has 0 bridgehead atoms. The average molecular weight is 450 g/mol. The van der Waals surface area contributed by atoms with Crippen LogP contribution < -0.4 is 19.5 Å². The van der Waals surface area contributed by atoms with Gasteiger partial charge in [0.25, 0.3) is 0 Å². The van der Waals surface area contributed by atoms with E-state index in [4.69, 9.17) is 14.2 Å². The molecule has 6 nitrogen and oxygen atoms in total. The summed E-state index contributed by atoms with van der Waals surface area (Å²) >= 11 is 0. The molecule has 0 fully saturated rings. The second kappa shape index (κ2) is 9.69. The summed E-state index contributed by atoms with van der Waals surface area (Å²) in [5.41, 5.74) is 3.31. The maximum atomic E-state index is 13.5. The monoisotopic (exact) mass is 449 g/mol. The molecule has 2 unspecified atom stereocenters. The van der Waals surface area contributed by atoms with Gasteiger partial charge in [-0.2, -0.15) is 0 Å². The highest BCUT2D eigenvalue weighted by Crippen LogP contribution is 2.47. The van der Waals surface area contributed by atoms with Crippen molar-refractivity contribution in [3.05, 3.63) is 64.9 Å². The summed E-state index contributed by atoms with van der Waals surface area (Å²) in [4.78, 5) is 26.2. The lowest BCUT2D eigenvalue weighted by Gasteiger charge is -2.35. The van der Waals surface area contributed by atoms with Crippen LogP contribution in [-0.2, 0) is 9.59 Å². The molecule has 2 atom stereocenters. The van der Waals surface area contributed by atoms with Crippen molar-refractivity contribution in [2.24, 2.45) is 0 Å². The lowest BCUT2D eigenvalue weighted by Crippen LogP contribution is -2.38. The molecule has 0 aromatic heterocycles. The van der Waals surface area contributed by atoms with Gasteiger partial charge in [-0.15, -0.1) is 0 Å². The Morgan fingerprint density at radius 1 is 1.03 bits per heavy atom. The molecule has 33 heavy (non-hydrogen) atoms. The summed E-state index contributed by atoms with van der Waals surface area (Å²) in [5, 5.41) is 2.99. The first-order valence-electron chi connectivity index (χ1n) is 11.5. The molecule has 0 saturated heterocycles. The number of rotatable bonds is 7. The summed E-state index contributed by atoms with van der Waals surface area (Å²) < 4.78 is 17.2. The lowest BCUT2D eigenvalue weighted by molar-refractivity contribution is -0.122. The highest BCUT2D eigenvalue weighted by molar-refractivity contribution is 6.02. The molecule has 6 heteroatoms. The van der Waals surface area contributed by atoms with Gasteiger partial charge in [-0.1, -0.05) is 24.3 Å². The number of Topliss-reactive ketones (excluding diaryl/α,β-unsaturated/α-hetero) is 1. The summed E-state index contributed by atoms with van der Waals surface area (Å²) in [6.07, 6.45) is 1.16. The van der Waals surface area contributed by atoms with Crippen molar-refractivity contribution >= 4 is 11.7 Å². The fraction of sp³-hybridized carbons (Fsp3) is 0.407. The van der Waals surface area contributed by atoms with E-state index >= 15 is 0 Å².